The summed E-state index contributed by atoms with van der Waals surface area (Å²) >= 11 is 0. The van der Waals surface area contributed by atoms with E-state index in [-0.39, 0.29) is 11.5 Å². The molecule has 7 nitrogen and oxygen atoms in total. The molecule has 0 atom stereocenters. The number of methoxy groups -OCH3 is 1. The molecule has 2 aromatic heterocycles. The van der Waals surface area contributed by atoms with Crippen LogP contribution in [0.3, 0.4) is 0 Å². The number of carbonyl (C=O) groups excluding carboxylic acids is 1. The normalized spacial score (nSPS) is 15.0. The Hall–Kier alpha value is -3.71. The first-order valence-corrected chi connectivity index (χ1v) is 10.5. The van der Waals surface area contributed by atoms with E-state index in [2.05, 4.69) is 34.3 Å². The van der Waals surface area contributed by atoms with Gasteiger partial charge in [-0.1, -0.05) is 24.3 Å². The minimum Gasteiger partial charge on any atom is -0.383 e. The molecule has 2 aromatic carbocycles. The maximum absolute atomic E-state index is 13.0. The van der Waals surface area contributed by atoms with Crippen molar-refractivity contribution in [2.45, 2.75) is 12.5 Å². The summed E-state index contributed by atoms with van der Waals surface area (Å²) in [6.45, 7) is 3.18. The number of carbonyl (C=O) groups is 1. The number of fused-ring (bicyclic) bond motifs is 1. The van der Waals surface area contributed by atoms with Crippen LogP contribution in [0.15, 0.2) is 61.1 Å². The number of hydrogen-bond donors (Lipinski definition) is 1. The van der Waals surface area contributed by atoms with Crippen molar-refractivity contribution in [1.29, 1.82) is 0 Å². The molecule has 0 spiro atoms. The van der Waals surface area contributed by atoms with Crippen molar-refractivity contribution in [3.8, 4) is 22.3 Å². The predicted molar refractivity (Wildman–Crippen MR) is 125 cm³/mol. The van der Waals surface area contributed by atoms with Crippen LogP contribution in [0.1, 0.15) is 17.3 Å². The fraction of sp³-hybridized carbons (Fsp3) is 0.240. The van der Waals surface area contributed by atoms with E-state index in [9.17, 15) is 4.79 Å². The first kappa shape index (κ1) is 20.2. The molecule has 1 fully saturated rings. The van der Waals surface area contributed by atoms with Gasteiger partial charge in [0.05, 0.1) is 19.3 Å². The Morgan fingerprint density at radius 3 is 2.41 bits per heavy atom. The van der Waals surface area contributed by atoms with Gasteiger partial charge < -0.3 is 15.4 Å². The van der Waals surface area contributed by atoms with Gasteiger partial charge in [0.25, 0.3) is 5.91 Å². The quantitative estimate of drug-likeness (QED) is 0.536. The van der Waals surface area contributed by atoms with Crippen LogP contribution in [0.25, 0.3) is 33.0 Å². The number of anilines is 1. The number of likely N-dealkylation sites (tertiary alicyclic amines) is 1. The molecule has 4 aromatic rings. The van der Waals surface area contributed by atoms with Crippen LogP contribution in [-0.4, -0.2) is 51.4 Å². The van der Waals surface area contributed by atoms with Gasteiger partial charge in [-0.2, -0.15) is 5.10 Å². The maximum atomic E-state index is 13.0. The number of aromatic nitrogens is 3. The molecular weight excluding hydrogens is 402 g/mol. The monoisotopic (exact) mass is 427 g/mol. The number of nitrogens with zero attached hydrogens (tertiary/aromatic N) is 4. The van der Waals surface area contributed by atoms with Gasteiger partial charge in [0, 0.05) is 48.6 Å². The Labute approximate surface area is 186 Å². The van der Waals surface area contributed by atoms with Crippen molar-refractivity contribution in [2.75, 3.05) is 25.9 Å². The van der Waals surface area contributed by atoms with E-state index in [4.69, 9.17) is 10.5 Å². The SMILES string of the molecule is COC1(C)CN(C(=O)c2ccc3c(N)ncc(-c4ccc(-c5cnn(C)c5)cc4)c3c2)C1. The van der Waals surface area contributed by atoms with Gasteiger partial charge in [-0.15, -0.1) is 0 Å². The Morgan fingerprint density at radius 2 is 1.75 bits per heavy atom. The third-order valence-electron chi connectivity index (χ3n) is 6.23. The van der Waals surface area contributed by atoms with Gasteiger partial charge in [0.2, 0.25) is 0 Å². The molecule has 1 amide bonds. The summed E-state index contributed by atoms with van der Waals surface area (Å²) in [5.41, 5.74) is 10.6. The zero-order valence-electron chi connectivity index (χ0n) is 18.4. The number of nitrogen functional groups attached to an aromatic ring is 1. The molecular formula is C25H25N5O2. The molecule has 3 heterocycles. The van der Waals surface area contributed by atoms with Crippen LogP contribution < -0.4 is 5.73 Å². The van der Waals surface area contributed by atoms with Gasteiger partial charge in [0.1, 0.15) is 11.4 Å². The van der Waals surface area contributed by atoms with E-state index in [1.165, 1.54) is 0 Å². The minimum absolute atomic E-state index is 0.00492. The molecule has 0 radical (unpaired) electrons. The van der Waals surface area contributed by atoms with E-state index >= 15 is 0 Å². The topological polar surface area (TPSA) is 86.3 Å². The second-order valence-corrected chi connectivity index (χ2v) is 8.61. The van der Waals surface area contributed by atoms with E-state index in [0.29, 0.717) is 24.5 Å². The van der Waals surface area contributed by atoms with Gasteiger partial charge in [0.15, 0.2) is 0 Å². The number of rotatable bonds is 4. The van der Waals surface area contributed by atoms with Crippen LogP contribution in [-0.2, 0) is 11.8 Å². The van der Waals surface area contributed by atoms with Crippen molar-refractivity contribution in [2.24, 2.45) is 7.05 Å². The van der Waals surface area contributed by atoms with E-state index in [1.807, 2.05) is 44.6 Å². The number of hydrogen-bond acceptors (Lipinski definition) is 5. The third-order valence-corrected chi connectivity index (χ3v) is 6.23. The molecule has 1 aliphatic heterocycles. The molecule has 0 aliphatic carbocycles. The number of ether oxygens (including phenoxy) is 1. The average molecular weight is 428 g/mol. The second-order valence-electron chi connectivity index (χ2n) is 8.61. The van der Waals surface area contributed by atoms with Crippen molar-refractivity contribution in [3.05, 3.63) is 66.6 Å². The maximum Gasteiger partial charge on any atom is 0.254 e. The summed E-state index contributed by atoms with van der Waals surface area (Å²) in [4.78, 5) is 19.2. The Balaban J connectivity index is 1.51. The standard InChI is InChI=1S/C25H25N5O2/c1-25(32-3)14-30(15-25)24(31)18-8-9-20-21(10-18)22(12-27-23(20)26)17-6-4-16(5-7-17)19-11-28-29(2)13-19/h4-13H,14-15H2,1-3H3,(H2,26,27). The van der Waals surface area contributed by atoms with E-state index in [0.717, 1.165) is 33.0 Å². The molecule has 162 valence electrons. The number of nitrogens with two attached hydrogens (primary N) is 1. The smallest absolute Gasteiger partial charge is 0.254 e. The largest absolute Gasteiger partial charge is 0.383 e. The number of benzene rings is 2. The zero-order valence-corrected chi connectivity index (χ0v) is 18.4. The van der Waals surface area contributed by atoms with E-state index < -0.39 is 0 Å². The molecule has 32 heavy (non-hydrogen) atoms. The second kappa shape index (κ2) is 7.46. The highest BCUT2D eigenvalue weighted by Crippen LogP contribution is 2.34. The lowest BCUT2D eigenvalue weighted by atomic mass is 9.94. The van der Waals surface area contributed by atoms with Crippen molar-refractivity contribution >= 4 is 22.5 Å². The molecule has 2 N–H and O–H groups in total. The molecule has 0 unspecified atom stereocenters. The van der Waals surface area contributed by atoms with Gasteiger partial charge in [-0.3, -0.25) is 9.48 Å². The molecule has 7 heteroatoms. The Kier molecular flexibility index (Phi) is 4.71. The van der Waals surface area contributed by atoms with Crippen molar-refractivity contribution in [3.63, 3.8) is 0 Å². The van der Waals surface area contributed by atoms with Crippen LogP contribution in [0.2, 0.25) is 0 Å². The minimum atomic E-state index is -0.262. The summed E-state index contributed by atoms with van der Waals surface area (Å²) in [5.74, 6) is 0.445. The zero-order chi connectivity index (χ0) is 22.5. The molecule has 1 aliphatic rings. The number of aryl methyl sites for hydroxylation is 1. The summed E-state index contributed by atoms with van der Waals surface area (Å²) in [5, 5.41) is 5.98. The lowest BCUT2D eigenvalue weighted by Gasteiger charge is -2.46. The fourth-order valence-corrected chi connectivity index (χ4v) is 4.26. The summed E-state index contributed by atoms with van der Waals surface area (Å²) in [6.07, 6.45) is 5.60. The Morgan fingerprint density at radius 1 is 1.03 bits per heavy atom. The van der Waals surface area contributed by atoms with E-state index in [1.54, 1.807) is 22.9 Å². The summed E-state index contributed by atoms with van der Waals surface area (Å²) in [7, 11) is 3.58. The van der Waals surface area contributed by atoms with Crippen molar-refractivity contribution < 1.29 is 9.53 Å². The molecule has 0 bridgehead atoms. The number of amides is 1. The predicted octanol–water partition coefficient (Wildman–Crippen LogP) is 3.75. The first-order valence-electron chi connectivity index (χ1n) is 10.5. The van der Waals surface area contributed by atoms with Gasteiger partial charge in [-0.25, -0.2) is 4.98 Å². The highest BCUT2D eigenvalue weighted by atomic mass is 16.5. The van der Waals surface area contributed by atoms with Crippen LogP contribution in [0.5, 0.6) is 0 Å². The highest BCUT2D eigenvalue weighted by Gasteiger charge is 2.41. The average Bonchev–Trinajstić information content (AvgIpc) is 3.23. The lowest BCUT2D eigenvalue weighted by molar-refractivity contribution is -0.0947. The first-order chi connectivity index (χ1) is 15.4. The van der Waals surface area contributed by atoms with Crippen LogP contribution >= 0.6 is 0 Å². The van der Waals surface area contributed by atoms with Crippen molar-refractivity contribution in [1.82, 2.24) is 19.7 Å². The highest BCUT2D eigenvalue weighted by molar-refractivity contribution is 6.06. The molecule has 1 saturated heterocycles. The fourth-order valence-electron chi connectivity index (χ4n) is 4.26. The molecule has 5 rings (SSSR count). The van der Waals surface area contributed by atoms with Gasteiger partial charge >= 0.3 is 0 Å². The summed E-state index contributed by atoms with van der Waals surface area (Å²) < 4.78 is 7.26. The number of pyridine rings is 1. The van der Waals surface area contributed by atoms with Crippen LogP contribution in [0, 0.1) is 0 Å². The Bertz CT molecular complexity index is 1320. The summed E-state index contributed by atoms with van der Waals surface area (Å²) in [6, 6.07) is 13.9. The molecule has 0 saturated carbocycles. The lowest BCUT2D eigenvalue weighted by Crippen LogP contribution is -2.62. The van der Waals surface area contributed by atoms with Crippen LogP contribution in [0.4, 0.5) is 5.82 Å². The van der Waals surface area contributed by atoms with Gasteiger partial charge in [-0.05, 0) is 41.6 Å². The third kappa shape index (κ3) is 3.40.